The van der Waals surface area contributed by atoms with Crippen molar-refractivity contribution in [2.24, 2.45) is 0 Å². The zero-order valence-corrected chi connectivity index (χ0v) is 18.3. The SMILES string of the molecule is C=C(CC/C=C(/CF)NC)C1=CCCC=C1C1=CC(=O)N(C2CCOCC2)CN1C. The van der Waals surface area contributed by atoms with Gasteiger partial charge < -0.3 is 19.9 Å². The third-order valence-electron chi connectivity index (χ3n) is 6.06. The van der Waals surface area contributed by atoms with Gasteiger partial charge in [0, 0.05) is 50.7 Å². The van der Waals surface area contributed by atoms with Crippen LogP contribution >= 0.6 is 0 Å². The molecule has 0 aromatic carbocycles. The second-order valence-electron chi connectivity index (χ2n) is 8.09. The molecule has 3 rings (SSSR count). The van der Waals surface area contributed by atoms with Crippen LogP contribution in [0.3, 0.4) is 0 Å². The molecule has 0 bridgehead atoms. The number of nitrogens with one attached hydrogen (secondary N) is 1. The van der Waals surface area contributed by atoms with Crippen molar-refractivity contribution in [2.45, 2.75) is 44.6 Å². The van der Waals surface area contributed by atoms with E-state index >= 15 is 0 Å². The monoisotopic (exact) mass is 415 g/mol. The molecule has 5 nitrogen and oxygen atoms in total. The molecule has 0 atom stereocenters. The smallest absolute Gasteiger partial charge is 0.250 e. The van der Waals surface area contributed by atoms with Crippen LogP contribution in [0.2, 0.25) is 0 Å². The second kappa shape index (κ2) is 10.6. The molecule has 0 aromatic heterocycles. The fourth-order valence-electron chi connectivity index (χ4n) is 4.29. The lowest BCUT2D eigenvalue weighted by molar-refractivity contribution is -0.133. The summed E-state index contributed by atoms with van der Waals surface area (Å²) in [5.41, 5.74) is 4.80. The summed E-state index contributed by atoms with van der Waals surface area (Å²) in [7, 11) is 3.78. The van der Waals surface area contributed by atoms with Crippen LogP contribution in [0.1, 0.15) is 38.5 Å². The molecule has 164 valence electrons. The van der Waals surface area contributed by atoms with E-state index in [9.17, 15) is 9.18 Å². The van der Waals surface area contributed by atoms with Gasteiger partial charge in [-0.2, -0.15) is 0 Å². The Labute approximate surface area is 179 Å². The maximum absolute atomic E-state index is 12.9. The van der Waals surface area contributed by atoms with Gasteiger partial charge in [0.1, 0.15) is 6.67 Å². The molecule has 1 fully saturated rings. The molecule has 1 aliphatic carbocycles. The molecule has 0 radical (unpaired) electrons. The number of carbonyl (C=O) groups excluding carboxylic acids is 1. The minimum absolute atomic E-state index is 0.0796. The van der Waals surface area contributed by atoms with Gasteiger partial charge in [-0.3, -0.25) is 4.79 Å². The molecule has 0 aromatic rings. The molecule has 1 saturated heterocycles. The van der Waals surface area contributed by atoms with E-state index in [1.807, 2.05) is 18.0 Å². The number of hydrogen-bond acceptors (Lipinski definition) is 4. The van der Waals surface area contributed by atoms with E-state index in [4.69, 9.17) is 4.74 Å². The van der Waals surface area contributed by atoms with E-state index in [-0.39, 0.29) is 11.9 Å². The van der Waals surface area contributed by atoms with Crippen LogP contribution in [0.4, 0.5) is 4.39 Å². The highest BCUT2D eigenvalue weighted by Gasteiger charge is 2.31. The van der Waals surface area contributed by atoms with Crippen molar-refractivity contribution >= 4 is 5.91 Å². The number of rotatable bonds is 8. The highest BCUT2D eigenvalue weighted by atomic mass is 19.1. The predicted molar refractivity (Wildman–Crippen MR) is 118 cm³/mol. The van der Waals surface area contributed by atoms with Crippen molar-refractivity contribution < 1.29 is 13.9 Å². The van der Waals surface area contributed by atoms with E-state index in [1.165, 1.54) is 0 Å². The average molecular weight is 416 g/mol. The molecular formula is C24H34FN3O2. The summed E-state index contributed by atoms with van der Waals surface area (Å²) < 4.78 is 18.3. The number of alkyl halides is 1. The standard InChI is InChI=1S/C24H34FN3O2/c1-18(7-6-8-19(16-25)26-2)21-9-4-5-10-22(21)23-15-24(29)28(17-27(23)3)20-11-13-30-14-12-20/h8-10,15,20,26H,1,4-7,11-14,16-17H2,2-3H3/b19-8-. The molecule has 0 unspecified atom stereocenters. The summed E-state index contributed by atoms with van der Waals surface area (Å²) in [6, 6.07) is 0.250. The molecule has 1 N–H and O–H groups in total. The number of hydrogen-bond donors (Lipinski definition) is 1. The van der Waals surface area contributed by atoms with Gasteiger partial charge >= 0.3 is 0 Å². The number of ether oxygens (including phenoxy) is 1. The van der Waals surface area contributed by atoms with Gasteiger partial charge in [0.25, 0.3) is 0 Å². The van der Waals surface area contributed by atoms with Crippen molar-refractivity contribution in [3.8, 4) is 0 Å². The summed E-state index contributed by atoms with van der Waals surface area (Å²) in [6.45, 7) is 5.85. The summed E-state index contributed by atoms with van der Waals surface area (Å²) >= 11 is 0. The van der Waals surface area contributed by atoms with E-state index in [1.54, 1.807) is 13.1 Å². The average Bonchev–Trinajstić information content (AvgIpc) is 2.78. The van der Waals surface area contributed by atoms with E-state index in [2.05, 4.69) is 28.9 Å². The van der Waals surface area contributed by atoms with Crippen molar-refractivity contribution in [1.82, 2.24) is 15.1 Å². The van der Waals surface area contributed by atoms with Crippen LogP contribution in [0, 0.1) is 0 Å². The normalized spacial score (nSPS) is 21.2. The largest absolute Gasteiger partial charge is 0.390 e. The summed E-state index contributed by atoms with van der Waals surface area (Å²) in [4.78, 5) is 17.1. The fraction of sp³-hybridized carbons (Fsp3) is 0.542. The van der Waals surface area contributed by atoms with Crippen LogP contribution in [0.5, 0.6) is 0 Å². The topological polar surface area (TPSA) is 44.8 Å². The number of allylic oxidation sites excluding steroid dienone is 6. The zero-order valence-electron chi connectivity index (χ0n) is 18.3. The maximum Gasteiger partial charge on any atom is 0.250 e. The first-order valence-corrected chi connectivity index (χ1v) is 10.9. The highest BCUT2D eigenvalue weighted by molar-refractivity contribution is 5.90. The first-order valence-electron chi connectivity index (χ1n) is 10.9. The minimum atomic E-state index is -0.486. The Kier molecular flexibility index (Phi) is 7.91. The zero-order chi connectivity index (χ0) is 21.5. The van der Waals surface area contributed by atoms with Crippen LogP contribution < -0.4 is 5.32 Å². The molecule has 3 aliphatic rings. The van der Waals surface area contributed by atoms with Crippen LogP contribution in [0.15, 0.2) is 59.0 Å². The summed E-state index contributed by atoms with van der Waals surface area (Å²) in [5, 5.41) is 2.87. The van der Waals surface area contributed by atoms with Crippen LogP contribution in [-0.4, -0.2) is 62.4 Å². The number of likely N-dealkylation sites (N-methyl/N-ethyl adjacent to an activating group) is 1. The molecular weight excluding hydrogens is 381 g/mol. The minimum Gasteiger partial charge on any atom is -0.390 e. The maximum atomic E-state index is 12.9. The van der Waals surface area contributed by atoms with Crippen molar-refractivity contribution in [1.29, 1.82) is 0 Å². The Balaban J connectivity index is 1.72. The molecule has 2 aliphatic heterocycles. The van der Waals surface area contributed by atoms with Gasteiger partial charge in [-0.05, 0) is 49.7 Å². The quantitative estimate of drug-likeness (QED) is 0.654. The number of nitrogens with zero attached hydrogens (tertiary/aromatic N) is 2. The lowest BCUT2D eigenvalue weighted by atomic mass is 9.87. The van der Waals surface area contributed by atoms with Gasteiger partial charge in [-0.1, -0.05) is 24.8 Å². The molecule has 2 heterocycles. The Bertz CT molecular complexity index is 769. The molecule has 0 saturated carbocycles. The summed E-state index contributed by atoms with van der Waals surface area (Å²) in [6.07, 6.45) is 13.3. The predicted octanol–water partition coefficient (Wildman–Crippen LogP) is 3.84. The third kappa shape index (κ3) is 5.22. The Morgan fingerprint density at radius 1 is 1.33 bits per heavy atom. The second-order valence-corrected chi connectivity index (χ2v) is 8.09. The van der Waals surface area contributed by atoms with Crippen molar-refractivity contribution in [2.75, 3.05) is 40.7 Å². The van der Waals surface area contributed by atoms with Gasteiger partial charge in [-0.25, -0.2) is 4.39 Å². The first-order chi connectivity index (χ1) is 14.5. The molecule has 6 heteroatoms. The summed E-state index contributed by atoms with van der Waals surface area (Å²) in [5.74, 6) is 0.0796. The molecule has 30 heavy (non-hydrogen) atoms. The highest BCUT2D eigenvalue weighted by Crippen LogP contribution is 2.35. The lowest BCUT2D eigenvalue weighted by Crippen LogP contribution is -2.50. The van der Waals surface area contributed by atoms with Crippen LogP contribution in [0.25, 0.3) is 0 Å². The fourth-order valence-corrected chi connectivity index (χ4v) is 4.29. The molecule has 0 spiro atoms. The van der Waals surface area contributed by atoms with Gasteiger partial charge in [0.2, 0.25) is 5.91 Å². The van der Waals surface area contributed by atoms with E-state index in [0.29, 0.717) is 12.4 Å². The Morgan fingerprint density at radius 3 is 2.77 bits per heavy atom. The van der Waals surface area contributed by atoms with Gasteiger partial charge in [0.15, 0.2) is 0 Å². The van der Waals surface area contributed by atoms with Crippen molar-refractivity contribution in [3.63, 3.8) is 0 Å². The van der Waals surface area contributed by atoms with Crippen LogP contribution in [-0.2, 0) is 9.53 Å². The molecule has 1 amide bonds. The lowest BCUT2D eigenvalue weighted by Gasteiger charge is -2.41. The third-order valence-corrected chi connectivity index (χ3v) is 6.06. The number of amides is 1. The van der Waals surface area contributed by atoms with Crippen molar-refractivity contribution in [3.05, 3.63) is 59.0 Å². The number of halogens is 1. The van der Waals surface area contributed by atoms with E-state index in [0.717, 1.165) is 74.2 Å². The Hall–Kier alpha value is -2.34. The van der Waals surface area contributed by atoms with Gasteiger partial charge in [-0.15, -0.1) is 0 Å². The van der Waals surface area contributed by atoms with Gasteiger partial charge in [0.05, 0.1) is 12.4 Å². The van der Waals surface area contributed by atoms with E-state index < -0.39 is 6.67 Å². The Morgan fingerprint density at radius 2 is 2.07 bits per heavy atom. The first kappa shape index (κ1) is 22.3. The number of carbonyl (C=O) groups is 1.